The van der Waals surface area contributed by atoms with Gasteiger partial charge in [0.2, 0.25) is 5.91 Å². The highest BCUT2D eigenvalue weighted by Crippen LogP contribution is 2.23. The first-order chi connectivity index (χ1) is 14.0. The number of likely N-dealkylation sites (N-methyl/N-ethyl adjacent to an activating group) is 1. The monoisotopic (exact) mass is 506 g/mol. The molecule has 0 radical (unpaired) electrons. The number of amides is 1. The molecule has 0 aromatic heterocycles. The maximum Gasteiger partial charge on any atom is 0.241 e. The number of hydrogen-bond acceptors (Lipinski definition) is 4. The van der Waals surface area contributed by atoms with Crippen LogP contribution in [0.4, 0.5) is 4.39 Å². The van der Waals surface area contributed by atoms with Gasteiger partial charge < -0.3 is 10.2 Å². The maximum atomic E-state index is 13.3. The van der Waals surface area contributed by atoms with Crippen molar-refractivity contribution in [2.24, 2.45) is 0 Å². The minimum Gasteiger partial charge on any atom is -0.354 e. The summed E-state index contributed by atoms with van der Waals surface area (Å²) in [5, 5.41) is 12.1. The summed E-state index contributed by atoms with van der Waals surface area (Å²) >= 11 is 2.12. The molecule has 1 amide bonds. The second kappa shape index (κ2) is 10.1. The van der Waals surface area contributed by atoms with Gasteiger partial charge in [0, 0.05) is 36.3 Å². The number of piperazine rings is 1. The highest BCUT2D eigenvalue weighted by molar-refractivity contribution is 14.1. The highest BCUT2D eigenvalue weighted by Gasteiger charge is 2.29. The summed E-state index contributed by atoms with van der Waals surface area (Å²) in [6.07, 6.45) is 0.646. The summed E-state index contributed by atoms with van der Waals surface area (Å²) in [6, 6.07) is 13.7. The lowest BCUT2D eigenvalue weighted by atomic mass is 10.0. The highest BCUT2D eigenvalue weighted by atomic mass is 127. The normalized spacial score (nSPS) is 16.2. The van der Waals surface area contributed by atoms with Crippen LogP contribution < -0.4 is 5.32 Å². The molecular formula is C22H24FIN4O. The third-order valence-corrected chi connectivity index (χ3v) is 6.22. The van der Waals surface area contributed by atoms with Crippen molar-refractivity contribution in [3.8, 4) is 6.07 Å². The first kappa shape index (κ1) is 21.7. The van der Waals surface area contributed by atoms with Crippen LogP contribution in [0.25, 0.3) is 0 Å². The molecule has 1 N–H and O–H groups in total. The Labute approximate surface area is 184 Å². The van der Waals surface area contributed by atoms with E-state index < -0.39 is 0 Å². The summed E-state index contributed by atoms with van der Waals surface area (Å²) in [6.45, 7) is 3.93. The smallest absolute Gasteiger partial charge is 0.241 e. The summed E-state index contributed by atoms with van der Waals surface area (Å²) < 4.78 is 14.1. The van der Waals surface area contributed by atoms with Gasteiger partial charge in [0.05, 0.1) is 11.6 Å². The number of carbonyl (C=O) groups is 1. The number of halogens is 2. The van der Waals surface area contributed by atoms with Gasteiger partial charge in [-0.15, -0.1) is 0 Å². The zero-order valence-electron chi connectivity index (χ0n) is 16.4. The fourth-order valence-electron chi connectivity index (χ4n) is 3.49. The molecule has 1 saturated heterocycles. The van der Waals surface area contributed by atoms with Crippen molar-refractivity contribution < 1.29 is 9.18 Å². The number of hydrogen-bond donors (Lipinski definition) is 1. The van der Waals surface area contributed by atoms with Crippen LogP contribution in [0.2, 0.25) is 0 Å². The first-order valence-corrected chi connectivity index (χ1v) is 10.7. The molecule has 152 valence electrons. The SMILES string of the molecule is CN1CCN([C@@H](C(=O)NCCc2ccc(F)cc2I)c2ccc(C#N)cc2)CC1. The van der Waals surface area contributed by atoms with E-state index in [0.717, 1.165) is 40.9 Å². The number of nitrogens with zero attached hydrogens (tertiary/aromatic N) is 3. The van der Waals surface area contributed by atoms with Gasteiger partial charge in [-0.25, -0.2) is 4.39 Å². The summed E-state index contributed by atoms with van der Waals surface area (Å²) in [5.74, 6) is -0.297. The molecule has 2 aromatic carbocycles. The molecule has 1 heterocycles. The molecule has 0 spiro atoms. The Balaban J connectivity index is 1.70. The molecular weight excluding hydrogens is 482 g/mol. The minimum absolute atomic E-state index is 0.0450. The zero-order valence-corrected chi connectivity index (χ0v) is 18.5. The Morgan fingerprint density at radius 2 is 1.90 bits per heavy atom. The Morgan fingerprint density at radius 3 is 2.52 bits per heavy atom. The molecule has 7 heteroatoms. The topological polar surface area (TPSA) is 59.4 Å². The Bertz CT molecular complexity index is 889. The molecule has 2 aromatic rings. The van der Waals surface area contributed by atoms with Crippen molar-refractivity contribution in [3.05, 3.63) is 68.5 Å². The Hall–Kier alpha value is -2.02. The van der Waals surface area contributed by atoms with Crippen LogP contribution in [0.15, 0.2) is 42.5 Å². The van der Waals surface area contributed by atoms with E-state index in [9.17, 15) is 9.18 Å². The molecule has 5 nitrogen and oxygen atoms in total. The lowest BCUT2D eigenvalue weighted by Gasteiger charge is -2.37. The fraction of sp³-hybridized carbons (Fsp3) is 0.364. The van der Waals surface area contributed by atoms with Crippen LogP contribution in [0.3, 0.4) is 0 Å². The van der Waals surface area contributed by atoms with Gasteiger partial charge in [0.25, 0.3) is 0 Å². The molecule has 0 aliphatic carbocycles. The second-order valence-electron chi connectivity index (χ2n) is 7.25. The van der Waals surface area contributed by atoms with Crippen molar-refractivity contribution in [3.63, 3.8) is 0 Å². The van der Waals surface area contributed by atoms with Crippen molar-refractivity contribution >= 4 is 28.5 Å². The predicted molar refractivity (Wildman–Crippen MR) is 119 cm³/mol. The molecule has 0 saturated carbocycles. The van der Waals surface area contributed by atoms with Gasteiger partial charge in [0.15, 0.2) is 0 Å². The molecule has 3 rings (SSSR count). The van der Waals surface area contributed by atoms with Gasteiger partial charge in [-0.1, -0.05) is 18.2 Å². The van der Waals surface area contributed by atoms with Crippen LogP contribution in [-0.2, 0) is 11.2 Å². The lowest BCUT2D eigenvalue weighted by Crippen LogP contribution is -2.50. The van der Waals surface area contributed by atoms with Crippen molar-refractivity contribution in [2.75, 3.05) is 39.8 Å². The summed E-state index contributed by atoms with van der Waals surface area (Å²) in [4.78, 5) is 17.6. The second-order valence-corrected chi connectivity index (χ2v) is 8.41. The van der Waals surface area contributed by atoms with Gasteiger partial charge in [-0.3, -0.25) is 9.69 Å². The van der Waals surface area contributed by atoms with Crippen LogP contribution >= 0.6 is 22.6 Å². The van der Waals surface area contributed by atoms with Crippen LogP contribution in [0, 0.1) is 20.7 Å². The predicted octanol–water partition coefficient (Wildman–Crippen LogP) is 2.95. The van der Waals surface area contributed by atoms with Crippen molar-refractivity contribution in [1.29, 1.82) is 5.26 Å². The van der Waals surface area contributed by atoms with Crippen LogP contribution in [0.1, 0.15) is 22.7 Å². The lowest BCUT2D eigenvalue weighted by molar-refractivity contribution is -0.127. The van der Waals surface area contributed by atoms with E-state index in [1.54, 1.807) is 18.2 Å². The molecule has 1 atom stereocenters. The van der Waals surface area contributed by atoms with E-state index in [2.05, 4.69) is 50.8 Å². The Morgan fingerprint density at radius 1 is 1.21 bits per heavy atom. The van der Waals surface area contributed by atoms with E-state index in [1.807, 2.05) is 12.1 Å². The largest absolute Gasteiger partial charge is 0.354 e. The van der Waals surface area contributed by atoms with Gasteiger partial charge >= 0.3 is 0 Å². The zero-order chi connectivity index (χ0) is 20.8. The van der Waals surface area contributed by atoms with E-state index in [0.29, 0.717) is 18.5 Å². The van der Waals surface area contributed by atoms with E-state index in [4.69, 9.17) is 5.26 Å². The summed E-state index contributed by atoms with van der Waals surface area (Å²) in [7, 11) is 2.08. The molecule has 1 aliphatic heterocycles. The molecule has 1 fully saturated rings. The fourth-order valence-corrected chi connectivity index (χ4v) is 4.24. The van der Waals surface area contributed by atoms with Gasteiger partial charge in [-0.05, 0) is 71.5 Å². The molecule has 1 aliphatic rings. The Kier molecular flexibility index (Phi) is 7.58. The summed E-state index contributed by atoms with van der Waals surface area (Å²) in [5.41, 5.74) is 2.49. The van der Waals surface area contributed by atoms with Gasteiger partial charge in [-0.2, -0.15) is 5.26 Å². The average molecular weight is 506 g/mol. The van der Waals surface area contributed by atoms with Crippen molar-refractivity contribution in [1.82, 2.24) is 15.1 Å². The van der Waals surface area contributed by atoms with E-state index in [1.165, 1.54) is 12.1 Å². The molecule has 0 unspecified atom stereocenters. The number of benzene rings is 2. The maximum absolute atomic E-state index is 13.3. The van der Waals surface area contributed by atoms with E-state index in [-0.39, 0.29) is 17.8 Å². The quantitative estimate of drug-likeness (QED) is 0.613. The third kappa shape index (κ3) is 5.75. The number of carbonyl (C=O) groups excluding carboxylic acids is 1. The third-order valence-electron chi connectivity index (χ3n) is 5.22. The van der Waals surface area contributed by atoms with Crippen LogP contribution in [0.5, 0.6) is 0 Å². The number of nitriles is 1. The first-order valence-electron chi connectivity index (χ1n) is 9.62. The van der Waals surface area contributed by atoms with Gasteiger partial charge in [0.1, 0.15) is 11.9 Å². The molecule has 29 heavy (non-hydrogen) atoms. The standard InChI is InChI=1S/C22H24FIN4O/c1-27-10-12-28(13-11-27)21(18-4-2-16(15-25)3-5-18)22(29)26-9-8-17-6-7-19(23)14-20(17)24/h2-7,14,21H,8-13H2,1H3,(H,26,29)/t21-/m1/s1. The minimum atomic E-state index is -0.385. The van der Waals surface area contributed by atoms with E-state index >= 15 is 0 Å². The number of rotatable bonds is 6. The number of nitrogens with one attached hydrogen (secondary N) is 1. The van der Waals surface area contributed by atoms with Crippen LogP contribution in [-0.4, -0.2) is 55.5 Å². The molecule has 0 bridgehead atoms. The average Bonchev–Trinajstić information content (AvgIpc) is 2.72. The van der Waals surface area contributed by atoms with Crippen molar-refractivity contribution in [2.45, 2.75) is 12.5 Å².